The molecule has 1 fully saturated rings. The van der Waals surface area contributed by atoms with Gasteiger partial charge in [-0.15, -0.1) is 0 Å². The Balaban J connectivity index is 1.89. The molecule has 0 bridgehead atoms. The molecule has 0 aliphatic heterocycles. The Kier molecular flexibility index (Phi) is 5.17. The van der Waals surface area contributed by atoms with Gasteiger partial charge < -0.3 is 14.8 Å². The van der Waals surface area contributed by atoms with E-state index < -0.39 is 6.61 Å². The minimum Gasteiger partial charge on any atom is -0.493 e. The zero-order chi connectivity index (χ0) is 14.5. The van der Waals surface area contributed by atoms with Gasteiger partial charge in [0.2, 0.25) is 0 Å². The van der Waals surface area contributed by atoms with Crippen LogP contribution < -0.4 is 14.8 Å². The molecule has 0 saturated heterocycles. The van der Waals surface area contributed by atoms with Crippen molar-refractivity contribution in [3.8, 4) is 11.5 Å². The second-order valence-electron chi connectivity index (χ2n) is 5.31. The molecular formula is C15H21F2NO2. The first-order valence-electron chi connectivity index (χ1n) is 6.92. The van der Waals surface area contributed by atoms with Crippen LogP contribution in [-0.4, -0.2) is 20.3 Å². The predicted molar refractivity (Wildman–Crippen MR) is 73.2 cm³/mol. The van der Waals surface area contributed by atoms with E-state index in [0.29, 0.717) is 18.2 Å². The van der Waals surface area contributed by atoms with Gasteiger partial charge in [-0.1, -0.05) is 13.0 Å². The van der Waals surface area contributed by atoms with Crippen molar-refractivity contribution in [2.45, 2.75) is 32.9 Å². The third-order valence-corrected chi connectivity index (χ3v) is 3.67. The van der Waals surface area contributed by atoms with Crippen molar-refractivity contribution >= 4 is 0 Å². The number of ether oxygens (including phenoxy) is 2. The van der Waals surface area contributed by atoms with Crippen molar-refractivity contribution in [2.24, 2.45) is 11.8 Å². The van der Waals surface area contributed by atoms with Crippen molar-refractivity contribution in [1.82, 2.24) is 5.32 Å². The van der Waals surface area contributed by atoms with E-state index in [2.05, 4.69) is 17.0 Å². The highest BCUT2D eigenvalue weighted by molar-refractivity contribution is 5.42. The summed E-state index contributed by atoms with van der Waals surface area (Å²) in [6, 6.07) is 5.10. The molecule has 1 aromatic carbocycles. The first-order chi connectivity index (χ1) is 9.60. The zero-order valence-corrected chi connectivity index (χ0v) is 11.9. The molecule has 1 N–H and O–H groups in total. The van der Waals surface area contributed by atoms with E-state index in [1.54, 1.807) is 12.1 Å². The minimum atomic E-state index is -2.85. The highest BCUT2D eigenvalue weighted by atomic mass is 19.3. The van der Waals surface area contributed by atoms with Gasteiger partial charge in [-0.2, -0.15) is 8.78 Å². The molecule has 1 aromatic rings. The summed E-state index contributed by atoms with van der Waals surface area (Å²) in [6.45, 7) is 0.980. The molecule has 1 unspecified atom stereocenters. The number of methoxy groups -OCH3 is 1. The average Bonchev–Trinajstić information content (AvgIpc) is 3.22. The van der Waals surface area contributed by atoms with Gasteiger partial charge in [0.05, 0.1) is 7.11 Å². The fourth-order valence-electron chi connectivity index (χ4n) is 2.30. The van der Waals surface area contributed by atoms with Crippen LogP contribution in [0.1, 0.15) is 25.3 Å². The average molecular weight is 285 g/mol. The molecule has 5 heteroatoms. The number of hydrogen-bond donors (Lipinski definition) is 1. The molecule has 20 heavy (non-hydrogen) atoms. The molecule has 1 saturated carbocycles. The number of hydrogen-bond acceptors (Lipinski definition) is 3. The third kappa shape index (κ3) is 4.34. The lowest BCUT2D eigenvalue weighted by Crippen LogP contribution is -2.21. The first kappa shape index (κ1) is 15.0. The normalized spacial score (nSPS) is 16.2. The van der Waals surface area contributed by atoms with E-state index in [1.165, 1.54) is 20.0 Å². The first-order valence-corrected chi connectivity index (χ1v) is 6.92. The number of halogens is 2. The van der Waals surface area contributed by atoms with Crippen molar-refractivity contribution in [3.63, 3.8) is 0 Å². The van der Waals surface area contributed by atoms with Gasteiger partial charge in [-0.05, 0) is 48.9 Å². The molecule has 0 spiro atoms. The molecule has 1 aliphatic rings. The summed E-state index contributed by atoms with van der Waals surface area (Å²) < 4.78 is 34.1. The summed E-state index contributed by atoms with van der Waals surface area (Å²) in [5, 5.41) is 3.36. The van der Waals surface area contributed by atoms with Crippen LogP contribution in [0.25, 0.3) is 0 Å². The largest absolute Gasteiger partial charge is 0.493 e. The molecule has 2 rings (SSSR count). The number of rotatable bonds is 8. The van der Waals surface area contributed by atoms with Crippen molar-refractivity contribution in [3.05, 3.63) is 23.8 Å². The Labute approximate surface area is 118 Å². The lowest BCUT2D eigenvalue weighted by atomic mass is 10.1. The lowest BCUT2D eigenvalue weighted by molar-refractivity contribution is -0.0512. The van der Waals surface area contributed by atoms with Gasteiger partial charge in [0.25, 0.3) is 0 Å². The van der Waals surface area contributed by atoms with Gasteiger partial charge >= 0.3 is 6.61 Å². The van der Waals surface area contributed by atoms with Crippen LogP contribution in [-0.2, 0) is 6.54 Å². The lowest BCUT2D eigenvalue weighted by Gasteiger charge is -2.14. The maximum atomic E-state index is 12.3. The van der Waals surface area contributed by atoms with Gasteiger partial charge in [0.1, 0.15) is 0 Å². The van der Waals surface area contributed by atoms with Crippen LogP contribution in [0.3, 0.4) is 0 Å². The van der Waals surface area contributed by atoms with E-state index in [-0.39, 0.29) is 5.75 Å². The van der Waals surface area contributed by atoms with E-state index in [9.17, 15) is 8.78 Å². The van der Waals surface area contributed by atoms with Crippen molar-refractivity contribution in [1.29, 1.82) is 0 Å². The Morgan fingerprint density at radius 1 is 1.30 bits per heavy atom. The second kappa shape index (κ2) is 6.88. The topological polar surface area (TPSA) is 30.5 Å². The van der Waals surface area contributed by atoms with Crippen LogP contribution in [0.2, 0.25) is 0 Å². The summed E-state index contributed by atoms with van der Waals surface area (Å²) in [7, 11) is 1.43. The standard InChI is InChI=1S/C15H21F2NO2/c1-10(12-4-5-12)8-18-9-11-3-6-13(19-2)14(7-11)20-15(16)17/h3,6-7,10,12,15,18H,4-5,8-9H2,1-2H3. The fraction of sp³-hybridized carbons (Fsp3) is 0.600. The minimum absolute atomic E-state index is 0.0806. The molecule has 0 heterocycles. The molecule has 0 aromatic heterocycles. The van der Waals surface area contributed by atoms with E-state index in [1.807, 2.05) is 6.07 Å². The quantitative estimate of drug-likeness (QED) is 0.793. The molecule has 112 valence electrons. The van der Waals surface area contributed by atoms with Gasteiger partial charge in [0, 0.05) is 6.54 Å². The molecule has 1 aliphatic carbocycles. The van der Waals surface area contributed by atoms with Crippen molar-refractivity contribution in [2.75, 3.05) is 13.7 Å². The number of alkyl halides is 2. The van der Waals surface area contributed by atoms with Gasteiger partial charge in [0.15, 0.2) is 11.5 Å². The Morgan fingerprint density at radius 2 is 2.05 bits per heavy atom. The fourth-order valence-corrected chi connectivity index (χ4v) is 2.30. The van der Waals surface area contributed by atoms with E-state index in [4.69, 9.17) is 4.74 Å². The summed E-state index contributed by atoms with van der Waals surface area (Å²) in [5.41, 5.74) is 0.907. The molecule has 0 amide bonds. The summed E-state index contributed by atoms with van der Waals surface area (Å²) >= 11 is 0. The summed E-state index contributed by atoms with van der Waals surface area (Å²) in [6.07, 6.45) is 2.66. The Morgan fingerprint density at radius 3 is 2.65 bits per heavy atom. The molecule has 1 atom stereocenters. The third-order valence-electron chi connectivity index (χ3n) is 3.67. The monoisotopic (exact) mass is 285 g/mol. The zero-order valence-electron chi connectivity index (χ0n) is 11.9. The number of benzene rings is 1. The predicted octanol–water partition coefficient (Wildman–Crippen LogP) is 3.43. The van der Waals surface area contributed by atoms with Crippen LogP contribution in [0.15, 0.2) is 18.2 Å². The highest BCUT2D eigenvalue weighted by Gasteiger charge is 2.27. The Bertz CT molecular complexity index is 436. The van der Waals surface area contributed by atoms with Crippen LogP contribution in [0, 0.1) is 11.8 Å². The van der Waals surface area contributed by atoms with E-state index in [0.717, 1.165) is 18.0 Å². The molecular weight excluding hydrogens is 264 g/mol. The molecule has 3 nitrogen and oxygen atoms in total. The SMILES string of the molecule is COc1ccc(CNCC(C)C2CC2)cc1OC(F)F. The summed E-state index contributed by atoms with van der Waals surface area (Å²) in [4.78, 5) is 0. The molecule has 0 radical (unpaired) electrons. The van der Waals surface area contributed by atoms with E-state index >= 15 is 0 Å². The summed E-state index contributed by atoms with van der Waals surface area (Å²) in [5.74, 6) is 1.93. The van der Waals surface area contributed by atoms with Crippen LogP contribution in [0.4, 0.5) is 8.78 Å². The van der Waals surface area contributed by atoms with Crippen LogP contribution >= 0.6 is 0 Å². The number of nitrogens with one attached hydrogen (secondary N) is 1. The highest BCUT2D eigenvalue weighted by Crippen LogP contribution is 2.36. The smallest absolute Gasteiger partial charge is 0.387 e. The van der Waals surface area contributed by atoms with Crippen molar-refractivity contribution < 1.29 is 18.3 Å². The van der Waals surface area contributed by atoms with Gasteiger partial charge in [-0.3, -0.25) is 0 Å². The Hall–Kier alpha value is -1.36. The maximum Gasteiger partial charge on any atom is 0.387 e. The van der Waals surface area contributed by atoms with Gasteiger partial charge in [-0.25, -0.2) is 0 Å². The second-order valence-corrected chi connectivity index (χ2v) is 5.31. The maximum absolute atomic E-state index is 12.3. The van der Waals surface area contributed by atoms with Crippen LogP contribution in [0.5, 0.6) is 11.5 Å².